The lowest BCUT2D eigenvalue weighted by Gasteiger charge is -2.26. The third kappa shape index (κ3) is 3.43. The van der Waals surface area contributed by atoms with E-state index in [1.807, 2.05) is 6.07 Å². The molecule has 8 nitrogen and oxygen atoms in total. The topological polar surface area (TPSA) is 128 Å². The molecule has 0 fully saturated rings. The summed E-state index contributed by atoms with van der Waals surface area (Å²) in [7, 11) is 0. The normalized spacial score (nSPS) is 16.5. The van der Waals surface area contributed by atoms with Crippen LogP contribution in [0.3, 0.4) is 0 Å². The van der Waals surface area contributed by atoms with Crippen LogP contribution in [-0.4, -0.2) is 17.5 Å². The van der Waals surface area contributed by atoms with E-state index in [2.05, 4.69) is 5.92 Å². The fourth-order valence-corrected chi connectivity index (χ4v) is 2.45. The molecule has 0 saturated heterocycles. The summed E-state index contributed by atoms with van der Waals surface area (Å²) in [6.07, 6.45) is 5.09. The van der Waals surface area contributed by atoms with Gasteiger partial charge in [0.05, 0.1) is 16.4 Å². The number of rotatable bonds is 4. The highest BCUT2D eigenvalue weighted by Gasteiger charge is 2.36. The Morgan fingerprint density at radius 1 is 1.48 bits per heavy atom. The van der Waals surface area contributed by atoms with E-state index in [0.29, 0.717) is 5.56 Å². The predicted octanol–water partition coefficient (Wildman–Crippen LogP) is 1.85. The van der Waals surface area contributed by atoms with Crippen LogP contribution in [-0.2, 0) is 14.3 Å². The summed E-state index contributed by atoms with van der Waals surface area (Å²) in [5.74, 6) is 0.583. The molecule has 0 aromatic heterocycles. The second-order valence-electron chi connectivity index (χ2n) is 5.02. The zero-order chi connectivity index (χ0) is 18.6. The first-order valence-corrected chi connectivity index (χ1v) is 7.04. The number of nitrogens with two attached hydrogens (primary N) is 1. The van der Waals surface area contributed by atoms with E-state index in [9.17, 15) is 20.2 Å². The number of hydrogen-bond acceptors (Lipinski definition) is 7. The highest BCUT2D eigenvalue weighted by atomic mass is 16.6. The van der Waals surface area contributed by atoms with Gasteiger partial charge in [-0.1, -0.05) is 18.1 Å². The van der Waals surface area contributed by atoms with E-state index in [4.69, 9.17) is 21.6 Å². The molecule has 0 aliphatic carbocycles. The largest absolute Gasteiger partial charge is 0.449 e. The number of allylic oxidation sites excluding steroid dienone is 2. The Morgan fingerprint density at radius 3 is 2.64 bits per heavy atom. The number of nitro groups is 1. The van der Waals surface area contributed by atoms with Gasteiger partial charge < -0.3 is 15.2 Å². The second kappa shape index (κ2) is 7.20. The van der Waals surface area contributed by atoms with E-state index in [0.717, 1.165) is 0 Å². The molecule has 1 aromatic rings. The molecule has 0 bridgehead atoms. The Kier molecular flexibility index (Phi) is 5.06. The molecular weight excluding hydrogens is 326 g/mol. The van der Waals surface area contributed by atoms with Crippen LogP contribution >= 0.6 is 0 Å². The summed E-state index contributed by atoms with van der Waals surface area (Å²) in [6.45, 7) is 1.26. The lowest BCUT2D eigenvalue weighted by molar-refractivity contribution is -0.384. The molecule has 1 unspecified atom stereocenters. The molecule has 126 valence electrons. The van der Waals surface area contributed by atoms with Gasteiger partial charge in [0.15, 0.2) is 6.61 Å². The van der Waals surface area contributed by atoms with E-state index >= 15 is 0 Å². The van der Waals surface area contributed by atoms with Crippen molar-refractivity contribution in [2.24, 2.45) is 5.73 Å². The number of benzene rings is 1. The van der Waals surface area contributed by atoms with Crippen molar-refractivity contribution in [2.45, 2.75) is 12.8 Å². The first-order chi connectivity index (χ1) is 11.9. The maximum Gasteiger partial charge on any atom is 0.339 e. The minimum absolute atomic E-state index is 0.00658. The average molecular weight is 339 g/mol. The van der Waals surface area contributed by atoms with Crippen LogP contribution in [0, 0.1) is 33.8 Å². The van der Waals surface area contributed by atoms with E-state index in [1.165, 1.54) is 31.2 Å². The first kappa shape index (κ1) is 17.6. The van der Waals surface area contributed by atoms with Crippen LogP contribution in [0.2, 0.25) is 0 Å². The van der Waals surface area contributed by atoms with Gasteiger partial charge in [-0.3, -0.25) is 10.1 Å². The minimum atomic E-state index is -0.871. The molecule has 0 radical (unpaired) electrons. The molecule has 0 amide bonds. The Labute approximate surface area is 143 Å². The number of terminal acetylenes is 1. The van der Waals surface area contributed by atoms with Gasteiger partial charge in [-0.05, 0) is 12.5 Å². The third-order valence-corrected chi connectivity index (χ3v) is 3.55. The fraction of sp³-hybridized carbons (Fsp3) is 0.176. The Morgan fingerprint density at radius 2 is 2.12 bits per heavy atom. The number of non-ortho nitro benzene ring substituents is 1. The van der Waals surface area contributed by atoms with Gasteiger partial charge in [0.1, 0.15) is 17.4 Å². The number of ether oxygens (including phenoxy) is 2. The van der Waals surface area contributed by atoms with Crippen molar-refractivity contribution in [1.82, 2.24) is 0 Å². The summed E-state index contributed by atoms with van der Waals surface area (Å²) in [4.78, 5) is 22.6. The van der Waals surface area contributed by atoms with Crippen molar-refractivity contribution in [3.63, 3.8) is 0 Å². The zero-order valence-electron chi connectivity index (χ0n) is 13.2. The fourth-order valence-electron chi connectivity index (χ4n) is 2.45. The molecule has 1 atom stereocenters. The molecule has 1 aliphatic rings. The van der Waals surface area contributed by atoms with Crippen LogP contribution in [0.25, 0.3) is 0 Å². The van der Waals surface area contributed by atoms with Crippen LogP contribution < -0.4 is 5.73 Å². The van der Waals surface area contributed by atoms with Crippen LogP contribution in [0.4, 0.5) is 5.69 Å². The highest BCUT2D eigenvalue weighted by molar-refractivity contribution is 5.92. The molecule has 0 saturated carbocycles. The van der Waals surface area contributed by atoms with E-state index in [-0.39, 0.29) is 35.1 Å². The van der Waals surface area contributed by atoms with Crippen molar-refractivity contribution < 1.29 is 19.2 Å². The highest BCUT2D eigenvalue weighted by Crippen LogP contribution is 2.39. The van der Waals surface area contributed by atoms with Crippen molar-refractivity contribution >= 4 is 11.7 Å². The van der Waals surface area contributed by atoms with Gasteiger partial charge in [0, 0.05) is 12.1 Å². The van der Waals surface area contributed by atoms with Crippen molar-refractivity contribution in [2.75, 3.05) is 6.61 Å². The quantitative estimate of drug-likeness (QED) is 0.383. The summed E-state index contributed by atoms with van der Waals surface area (Å²) >= 11 is 0. The summed E-state index contributed by atoms with van der Waals surface area (Å²) in [6, 6.07) is 7.35. The molecular formula is C17H13N3O5. The number of carbonyl (C=O) groups is 1. The molecule has 1 heterocycles. The summed E-state index contributed by atoms with van der Waals surface area (Å²) < 4.78 is 10.2. The number of nitriles is 1. The van der Waals surface area contributed by atoms with Crippen LogP contribution in [0.15, 0.2) is 47.1 Å². The lowest BCUT2D eigenvalue weighted by atomic mass is 9.83. The first-order valence-electron chi connectivity index (χ1n) is 7.04. The van der Waals surface area contributed by atoms with Gasteiger partial charge >= 0.3 is 5.97 Å². The van der Waals surface area contributed by atoms with Crippen molar-refractivity contribution in [3.05, 3.63) is 62.7 Å². The monoisotopic (exact) mass is 339 g/mol. The Hall–Kier alpha value is -3.78. The molecule has 8 heteroatoms. The average Bonchev–Trinajstić information content (AvgIpc) is 2.59. The number of nitrogens with zero attached hydrogens (tertiary/aromatic N) is 2. The number of carbonyl (C=O) groups excluding carboxylic acids is 1. The molecule has 0 spiro atoms. The summed E-state index contributed by atoms with van der Waals surface area (Å²) in [5.41, 5.74) is 6.16. The van der Waals surface area contributed by atoms with Crippen LogP contribution in [0.1, 0.15) is 18.4 Å². The number of esters is 1. The Bertz CT molecular complexity index is 869. The van der Waals surface area contributed by atoms with Crippen molar-refractivity contribution in [3.8, 4) is 18.4 Å². The molecule has 2 N–H and O–H groups in total. The number of hydrogen-bond donors (Lipinski definition) is 1. The maximum absolute atomic E-state index is 12.4. The predicted molar refractivity (Wildman–Crippen MR) is 86.2 cm³/mol. The van der Waals surface area contributed by atoms with Gasteiger partial charge in [-0.25, -0.2) is 4.79 Å². The molecule has 25 heavy (non-hydrogen) atoms. The smallest absolute Gasteiger partial charge is 0.339 e. The minimum Gasteiger partial charge on any atom is -0.449 e. The lowest BCUT2D eigenvalue weighted by Crippen LogP contribution is -2.25. The second-order valence-corrected chi connectivity index (χ2v) is 5.02. The maximum atomic E-state index is 12.4. The SMILES string of the molecule is C#CCOC(=O)C1=C(C)OC(N)=C(C#N)C1c1ccc([N+](=O)[O-])cc1. The van der Waals surface area contributed by atoms with E-state index < -0.39 is 16.8 Å². The zero-order valence-corrected chi connectivity index (χ0v) is 13.2. The molecule has 1 aliphatic heterocycles. The standard InChI is InChI=1S/C17H13N3O5/c1-3-8-24-17(21)14-10(2)25-16(19)13(9-18)15(14)11-4-6-12(7-5-11)20(22)23/h1,4-7,15H,8,19H2,2H3. The third-order valence-electron chi connectivity index (χ3n) is 3.55. The van der Waals surface area contributed by atoms with Crippen LogP contribution in [0.5, 0.6) is 0 Å². The molecule has 1 aromatic carbocycles. The van der Waals surface area contributed by atoms with Gasteiger partial charge in [0.25, 0.3) is 5.69 Å². The van der Waals surface area contributed by atoms with E-state index in [1.54, 1.807) is 0 Å². The van der Waals surface area contributed by atoms with Gasteiger partial charge in [0.2, 0.25) is 5.88 Å². The van der Waals surface area contributed by atoms with Gasteiger partial charge in [-0.15, -0.1) is 6.42 Å². The van der Waals surface area contributed by atoms with Gasteiger partial charge in [-0.2, -0.15) is 5.26 Å². The summed E-state index contributed by atoms with van der Waals surface area (Å²) in [5, 5.41) is 20.2. The Balaban J connectivity index is 2.55. The van der Waals surface area contributed by atoms with Crippen molar-refractivity contribution in [1.29, 1.82) is 5.26 Å². The number of nitro benzene ring substituents is 1. The molecule has 2 rings (SSSR count).